The molecule has 1 aliphatic heterocycles. The maximum absolute atomic E-state index is 4.66. The van der Waals surface area contributed by atoms with Crippen LogP contribution in [-0.2, 0) is 0 Å². The van der Waals surface area contributed by atoms with Crippen LogP contribution in [0.1, 0.15) is 46.5 Å². The van der Waals surface area contributed by atoms with Gasteiger partial charge in [-0.1, -0.05) is 26.7 Å². The van der Waals surface area contributed by atoms with Crippen molar-refractivity contribution in [1.82, 2.24) is 0 Å². The Morgan fingerprint density at radius 1 is 1.42 bits per heavy atom. The van der Waals surface area contributed by atoms with E-state index in [-0.39, 0.29) is 0 Å². The highest BCUT2D eigenvalue weighted by Crippen LogP contribution is 2.32. The average Bonchev–Trinajstić information content (AvgIpc) is 2.43. The van der Waals surface area contributed by atoms with Gasteiger partial charge in [-0.25, -0.2) is 0 Å². The molecule has 0 saturated heterocycles. The minimum Gasteiger partial charge on any atom is -0.279 e. The van der Waals surface area contributed by atoms with Crippen molar-refractivity contribution in [1.29, 1.82) is 0 Å². The molecule has 70 valence electrons. The standard InChI is InChI=1S/C10H19NS/c1-4-6-7-10-11-8(3)9(5-2)12-10/h9-10H,4-7H2,1-3H3/t9-,10-/m1/s1. The van der Waals surface area contributed by atoms with Crippen LogP contribution in [0.5, 0.6) is 0 Å². The summed E-state index contributed by atoms with van der Waals surface area (Å²) in [6.07, 6.45) is 5.13. The Morgan fingerprint density at radius 2 is 2.17 bits per heavy atom. The molecule has 0 aromatic rings. The number of hydrogen-bond acceptors (Lipinski definition) is 2. The maximum Gasteiger partial charge on any atom is 0.0957 e. The zero-order valence-electron chi connectivity index (χ0n) is 8.34. The minimum atomic E-state index is 0.579. The smallest absolute Gasteiger partial charge is 0.0957 e. The van der Waals surface area contributed by atoms with Crippen molar-refractivity contribution < 1.29 is 0 Å². The summed E-state index contributed by atoms with van der Waals surface area (Å²) in [6, 6.07) is 0. The molecule has 0 aromatic carbocycles. The van der Waals surface area contributed by atoms with E-state index in [4.69, 9.17) is 0 Å². The van der Waals surface area contributed by atoms with Gasteiger partial charge in [-0.15, -0.1) is 11.8 Å². The van der Waals surface area contributed by atoms with Gasteiger partial charge in [0.05, 0.1) is 5.37 Å². The SMILES string of the molecule is CCCC[C@@H]1N=C(C)[C@@H](CC)S1. The van der Waals surface area contributed by atoms with Crippen molar-refractivity contribution in [3.63, 3.8) is 0 Å². The first-order valence-corrected chi connectivity index (χ1v) is 5.92. The van der Waals surface area contributed by atoms with E-state index >= 15 is 0 Å². The summed E-state index contributed by atoms with van der Waals surface area (Å²) < 4.78 is 0. The molecule has 1 heterocycles. The number of unbranched alkanes of at least 4 members (excludes halogenated alkanes) is 1. The Balaban J connectivity index is 2.33. The Morgan fingerprint density at radius 3 is 2.67 bits per heavy atom. The first-order valence-electron chi connectivity index (χ1n) is 4.97. The van der Waals surface area contributed by atoms with Crippen molar-refractivity contribution in [2.75, 3.05) is 0 Å². The summed E-state index contributed by atoms with van der Waals surface area (Å²) >= 11 is 2.05. The average molecular weight is 185 g/mol. The molecular formula is C10H19NS. The van der Waals surface area contributed by atoms with E-state index in [0.29, 0.717) is 10.6 Å². The van der Waals surface area contributed by atoms with Gasteiger partial charge in [0.25, 0.3) is 0 Å². The van der Waals surface area contributed by atoms with Crippen LogP contribution in [0.25, 0.3) is 0 Å². The predicted molar refractivity (Wildman–Crippen MR) is 58.1 cm³/mol. The fourth-order valence-electron chi connectivity index (χ4n) is 1.53. The maximum atomic E-state index is 4.66. The Kier molecular flexibility index (Phi) is 4.13. The lowest BCUT2D eigenvalue weighted by Crippen LogP contribution is -2.06. The van der Waals surface area contributed by atoms with Gasteiger partial charge in [0.15, 0.2) is 0 Å². The fourth-order valence-corrected chi connectivity index (χ4v) is 2.89. The fraction of sp³-hybridized carbons (Fsp3) is 0.900. The van der Waals surface area contributed by atoms with Gasteiger partial charge in [0, 0.05) is 11.0 Å². The van der Waals surface area contributed by atoms with E-state index in [1.54, 1.807) is 0 Å². The molecule has 12 heavy (non-hydrogen) atoms. The third kappa shape index (κ3) is 2.51. The lowest BCUT2D eigenvalue weighted by Gasteiger charge is -2.07. The third-order valence-electron chi connectivity index (χ3n) is 2.31. The predicted octanol–water partition coefficient (Wildman–Crippen LogP) is 3.49. The van der Waals surface area contributed by atoms with Crippen LogP contribution in [0.15, 0.2) is 4.99 Å². The second-order valence-corrected chi connectivity index (χ2v) is 4.79. The van der Waals surface area contributed by atoms with E-state index in [0.717, 1.165) is 0 Å². The highest BCUT2D eigenvalue weighted by atomic mass is 32.2. The molecule has 0 aliphatic carbocycles. The van der Waals surface area contributed by atoms with E-state index in [1.165, 1.54) is 31.4 Å². The molecule has 0 saturated carbocycles. The second kappa shape index (κ2) is 4.90. The highest BCUT2D eigenvalue weighted by molar-refractivity contribution is 8.01. The summed E-state index contributed by atoms with van der Waals surface area (Å²) in [5.41, 5.74) is 1.36. The third-order valence-corrected chi connectivity index (χ3v) is 3.97. The number of thioether (sulfide) groups is 1. The molecule has 1 aliphatic rings. The first kappa shape index (κ1) is 10.1. The molecule has 0 amide bonds. The summed E-state index contributed by atoms with van der Waals surface area (Å²) in [5, 5.41) is 1.29. The molecule has 0 spiro atoms. The summed E-state index contributed by atoms with van der Waals surface area (Å²) in [6.45, 7) is 6.67. The van der Waals surface area contributed by atoms with Crippen LogP contribution >= 0.6 is 11.8 Å². The number of aliphatic imine (C=N–C) groups is 1. The van der Waals surface area contributed by atoms with Crippen molar-refractivity contribution in [2.24, 2.45) is 4.99 Å². The Bertz CT molecular complexity index is 165. The van der Waals surface area contributed by atoms with Crippen molar-refractivity contribution in [3.05, 3.63) is 0 Å². The summed E-state index contributed by atoms with van der Waals surface area (Å²) in [7, 11) is 0. The van der Waals surface area contributed by atoms with E-state index in [1.807, 2.05) is 0 Å². The Hall–Kier alpha value is 0.0200. The topological polar surface area (TPSA) is 12.4 Å². The number of hydrogen-bond donors (Lipinski definition) is 0. The molecule has 2 heteroatoms. The molecular weight excluding hydrogens is 166 g/mol. The highest BCUT2D eigenvalue weighted by Gasteiger charge is 2.23. The van der Waals surface area contributed by atoms with E-state index in [9.17, 15) is 0 Å². The largest absolute Gasteiger partial charge is 0.279 e. The zero-order valence-corrected chi connectivity index (χ0v) is 9.16. The quantitative estimate of drug-likeness (QED) is 0.653. The lowest BCUT2D eigenvalue weighted by molar-refractivity contribution is 0.704. The zero-order chi connectivity index (χ0) is 8.97. The first-order chi connectivity index (χ1) is 5.77. The van der Waals surface area contributed by atoms with Gasteiger partial charge in [-0.2, -0.15) is 0 Å². The van der Waals surface area contributed by atoms with Crippen LogP contribution in [0.3, 0.4) is 0 Å². The van der Waals surface area contributed by atoms with Crippen molar-refractivity contribution in [2.45, 2.75) is 57.1 Å². The minimum absolute atomic E-state index is 0.579. The van der Waals surface area contributed by atoms with Gasteiger partial charge < -0.3 is 0 Å². The Labute approximate surface area is 80.0 Å². The number of rotatable bonds is 4. The number of nitrogens with zero attached hydrogens (tertiary/aromatic N) is 1. The summed E-state index contributed by atoms with van der Waals surface area (Å²) in [5.74, 6) is 0. The lowest BCUT2D eigenvalue weighted by atomic mass is 10.2. The summed E-state index contributed by atoms with van der Waals surface area (Å²) in [4.78, 5) is 4.66. The van der Waals surface area contributed by atoms with Crippen molar-refractivity contribution >= 4 is 17.5 Å². The van der Waals surface area contributed by atoms with Crippen LogP contribution in [-0.4, -0.2) is 16.3 Å². The van der Waals surface area contributed by atoms with E-state index in [2.05, 4.69) is 37.5 Å². The van der Waals surface area contributed by atoms with Crippen molar-refractivity contribution in [3.8, 4) is 0 Å². The molecule has 0 fully saturated rings. The van der Waals surface area contributed by atoms with Gasteiger partial charge in [-0.05, 0) is 19.8 Å². The molecule has 1 rings (SSSR count). The molecule has 0 N–H and O–H groups in total. The normalized spacial score (nSPS) is 29.1. The molecule has 2 atom stereocenters. The van der Waals surface area contributed by atoms with Crippen LogP contribution in [0, 0.1) is 0 Å². The molecule has 1 nitrogen and oxygen atoms in total. The van der Waals surface area contributed by atoms with Gasteiger partial charge in [-0.3, -0.25) is 4.99 Å². The van der Waals surface area contributed by atoms with Gasteiger partial charge >= 0.3 is 0 Å². The van der Waals surface area contributed by atoms with Crippen LogP contribution in [0.4, 0.5) is 0 Å². The van der Waals surface area contributed by atoms with Crippen LogP contribution < -0.4 is 0 Å². The molecule has 0 radical (unpaired) electrons. The van der Waals surface area contributed by atoms with Gasteiger partial charge in [0.1, 0.15) is 0 Å². The molecule has 0 aromatic heterocycles. The second-order valence-electron chi connectivity index (χ2n) is 3.40. The monoisotopic (exact) mass is 185 g/mol. The molecule has 0 bridgehead atoms. The molecule has 0 unspecified atom stereocenters. The van der Waals surface area contributed by atoms with E-state index < -0.39 is 0 Å². The van der Waals surface area contributed by atoms with Crippen LogP contribution in [0.2, 0.25) is 0 Å². The van der Waals surface area contributed by atoms with Gasteiger partial charge in [0.2, 0.25) is 0 Å².